The first-order chi connectivity index (χ1) is 10.7. The highest BCUT2D eigenvalue weighted by Gasteiger charge is 2.46. The van der Waals surface area contributed by atoms with Crippen molar-refractivity contribution in [3.05, 3.63) is 78.6 Å². The number of phenolic OH excluding ortho intramolecular Hbond substituents is 1. The molecule has 1 aliphatic carbocycles. The largest absolute Gasteiger partial charge is 0.508 e. The normalized spacial score (nSPS) is 30.0. The maximum Gasteiger partial charge on any atom is 0.119 e. The summed E-state index contributed by atoms with van der Waals surface area (Å²) >= 11 is 0. The first kappa shape index (κ1) is 14.7. The Balaban J connectivity index is 2.21. The average molecular weight is 293 g/mol. The molecule has 1 aromatic rings. The van der Waals surface area contributed by atoms with Gasteiger partial charge in [0.25, 0.3) is 0 Å². The summed E-state index contributed by atoms with van der Waals surface area (Å²) in [6.07, 6.45) is 18.3. The van der Waals surface area contributed by atoms with Gasteiger partial charge in [-0.2, -0.15) is 0 Å². The molecule has 1 aromatic carbocycles. The molecule has 2 heteroatoms. The van der Waals surface area contributed by atoms with Gasteiger partial charge in [-0.25, -0.2) is 0 Å². The Morgan fingerprint density at radius 1 is 1.09 bits per heavy atom. The highest BCUT2D eigenvalue weighted by molar-refractivity contribution is 5.49. The Kier molecular flexibility index (Phi) is 3.93. The highest BCUT2D eigenvalue weighted by Crippen LogP contribution is 2.47. The molecule has 0 fully saturated rings. The number of nitrogens with zero attached hydrogens (tertiary/aromatic N) is 1. The van der Waals surface area contributed by atoms with Gasteiger partial charge in [-0.1, -0.05) is 61.6 Å². The molecule has 0 radical (unpaired) electrons. The zero-order valence-electron chi connectivity index (χ0n) is 13.2. The second kappa shape index (κ2) is 5.88. The van der Waals surface area contributed by atoms with Crippen molar-refractivity contribution in [1.82, 2.24) is 4.90 Å². The summed E-state index contributed by atoms with van der Waals surface area (Å²) in [5.74, 6) is 0.714. The minimum atomic E-state index is -0.259. The van der Waals surface area contributed by atoms with E-state index in [1.54, 1.807) is 6.07 Å². The Bertz CT molecular complexity index is 655. The van der Waals surface area contributed by atoms with Crippen LogP contribution in [0.4, 0.5) is 0 Å². The van der Waals surface area contributed by atoms with Gasteiger partial charge in [-0.15, -0.1) is 0 Å². The second-order valence-electron chi connectivity index (χ2n) is 6.05. The summed E-state index contributed by atoms with van der Waals surface area (Å²) in [5, 5.41) is 10.5. The molecule has 0 aromatic heterocycles. The van der Waals surface area contributed by atoms with Crippen LogP contribution in [0.5, 0.6) is 5.75 Å². The van der Waals surface area contributed by atoms with Crippen molar-refractivity contribution < 1.29 is 5.11 Å². The molecular formula is C20H23NO. The number of aromatic hydroxyl groups is 1. The lowest BCUT2D eigenvalue weighted by molar-refractivity contribution is 0.217. The molecule has 22 heavy (non-hydrogen) atoms. The number of allylic oxidation sites excluding steroid dienone is 5. The maximum absolute atomic E-state index is 10.5. The summed E-state index contributed by atoms with van der Waals surface area (Å²) in [6.45, 7) is 2.21. The minimum absolute atomic E-state index is 0.178. The molecular weight excluding hydrogens is 270 g/mol. The van der Waals surface area contributed by atoms with Gasteiger partial charge in [-0.3, -0.25) is 0 Å². The highest BCUT2D eigenvalue weighted by atomic mass is 16.3. The minimum Gasteiger partial charge on any atom is -0.508 e. The number of hydrogen-bond acceptors (Lipinski definition) is 2. The van der Waals surface area contributed by atoms with Crippen molar-refractivity contribution in [2.24, 2.45) is 5.92 Å². The number of rotatable bonds is 3. The molecule has 0 amide bonds. The van der Waals surface area contributed by atoms with Crippen LogP contribution in [0, 0.1) is 5.92 Å². The SMILES string of the molecule is CCC1C=CC=CC1(c1ccccc1O)C1C=CC=CN1C. The van der Waals surface area contributed by atoms with Crippen LogP contribution in [0.2, 0.25) is 0 Å². The number of phenols is 1. The van der Waals surface area contributed by atoms with Crippen LogP contribution < -0.4 is 0 Å². The van der Waals surface area contributed by atoms with Crippen LogP contribution in [0.15, 0.2) is 73.0 Å². The summed E-state index contributed by atoms with van der Waals surface area (Å²) in [4.78, 5) is 2.23. The van der Waals surface area contributed by atoms with E-state index >= 15 is 0 Å². The number of likely N-dealkylation sites (N-methyl/N-ethyl adjacent to an activating group) is 1. The van der Waals surface area contributed by atoms with Gasteiger partial charge in [0, 0.05) is 18.0 Å². The summed E-state index contributed by atoms with van der Waals surface area (Å²) < 4.78 is 0. The predicted octanol–water partition coefficient (Wildman–Crippen LogP) is 4.17. The molecule has 3 atom stereocenters. The molecule has 1 aliphatic heterocycles. The first-order valence-electron chi connectivity index (χ1n) is 7.91. The van der Waals surface area contributed by atoms with Crippen molar-refractivity contribution in [2.45, 2.75) is 24.8 Å². The molecule has 3 unspecified atom stereocenters. The molecule has 0 bridgehead atoms. The standard InChI is InChI=1S/C20H23NO/c1-3-16-10-6-8-14-20(16,17-11-4-5-12-18(17)22)19-13-7-9-15-21(19)2/h4-16,19,22H,3H2,1-2H3. The fraction of sp³-hybridized carbons (Fsp3) is 0.300. The van der Waals surface area contributed by atoms with Crippen LogP contribution in [0.25, 0.3) is 0 Å². The van der Waals surface area contributed by atoms with Crippen molar-refractivity contribution in [3.8, 4) is 5.75 Å². The van der Waals surface area contributed by atoms with Gasteiger partial charge in [0.05, 0.1) is 6.04 Å². The molecule has 114 valence electrons. The monoisotopic (exact) mass is 293 g/mol. The van der Waals surface area contributed by atoms with E-state index in [2.05, 4.69) is 73.7 Å². The van der Waals surface area contributed by atoms with E-state index in [0.29, 0.717) is 11.7 Å². The third-order valence-electron chi connectivity index (χ3n) is 4.90. The van der Waals surface area contributed by atoms with Gasteiger partial charge in [0.1, 0.15) is 5.75 Å². The predicted molar refractivity (Wildman–Crippen MR) is 91.7 cm³/mol. The van der Waals surface area contributed by atoms with Crippen LogP contribution in [-0.4, -0.2) is 23.1 Å². The number of para-hydroxylation sites is 1. The van der Waals surface area contributed by atoms with E-state index in [1.807, 2.05) is 12.1 Å². The number of benzene rings is 1. The van der Waals surface area contributed by atoms with Gasteiger partial charge in [0.2, 0.25) is 0 Å². The van der Waals surface area contributed by atoms with Crippen LogP contribution in [-0.2, 0) is 5.41 Å². The van der Waals surface area contributed by atoms with Gasteiger partial charge < -0.3 is 10.0 Å². The van der Waals surface area contributed by atoms with Crippen molar-refractivity contribution >= 4 is 0 Å². The lowest BCUT2D eigenvalue weighted by atomic mass is 9.62. The lowest BCUT2D eigenvalue weighted by Gasteiger charge is -2.48. The van der Waals surface area contributed by atoms with E-state index in [-0.39, 0.29) is 11.5 Å². The number of hydrogen-bond donors (Lipinski definition) is 1. The van der Waals surface area contributed by atoms with Crippen molar-refractivity contribution in [2.75, 3.05) is 7.05 Å². The third kappa shape index (κ3) is 2.19. The molecule has 1 N–H and O–H groups in total. The van der Waals surface area contributed by atoms with Gasteiger partial charge in [-0.05, 0) is 30.7 Å². The Morgan fingerprint density at radius 2 is 1.86 bits per heavy atom. The molecule has 1 heterocycles. The Morgan fingerprint density at radius 3 is 2.59 bits per heavy atom. The average Bonchev–Trinajstić information content (AvgIpc) is 2.55. The van der Waals surface area contributed by atoms with E-state index < -0.39 is 0 Å². The zero-order valence-corrected chi connectivity index (χ0v) is 13.2. The van der Waals surface area contributed by atoms with E-state index in [4.69, 9.17) is 0 Å². The molecule has 0 saturated heterocycles. The molecule has 2 aliphatic rings. The topological polar surface area (TPSA) is 23.5 Å². The van der Waals surface area contributed by atoms with E-state index in [0.717, 1.165) is 12.0 Å². The fourth-order valence-corrected chi connectivity index (χ4v) is 3.86. The summed E-state index contributed by atoms with van der Waals surface area (Å²) in [7, 11) is 2.10. The van der Waals surface area contributed by atoms with Crippen molar-refractivity contribution in [1.29, 1.82) is 0 Å². The lowest BCUT2D eigenvalue weighted by Crippen LogP contribution is -2.50. The zero-order chi connectivity index (χ0) is 15.6. The van der Waals surface area contributed by atoms with Crippen molar-refractivity contribution in [3.63, 3.8) is 0 Å². The van der Waals surface area contributed by atoms with Gasteiger partial charge in [0.15, 0.2) is 0 Å². The fourth-order valence-electron chi connectivity index (χ4n) is 3.86. The smallest absolute Gasteiger partial charge is 0.119 e. The summed E-state index contributed by atoms with van der Waals surface area (Å²) in [5.41, 5.74) is 0.740. The second-order valence-corrected chi connectivity index (χ2v) is 6.05. The summed E-state index contributed by atoms with van der Waals surface area (Å²) in [6, 6.07) is 7.92. The van der Waals surface area contributed by atoms with Crippen LogP contribution in [0.3, 0.4) is 0 Å². The van der Waals surface area contributed by atoms with Crippen LogP contribution in [0.1, 0.15) is 18.9 Å². The molecule has 0 spiro atoms. The molecule has 2 nitrogen and oxygen atoms in total. The van der Waals surface area contributed by atoms with Crippen LogP contribution >= 0.6 is 0 Å². The Labute approximate surface area is 132 Å². The third-order valence-corrected chi connectivity index (χ3v) is 4.90. The Hall–Kier alpha value is -2.22. The quantitative estimate of drug-likeness (QED) is 0.904. The first-order valence-corrected chi connectivity index (χ1v) is 7.91. The van der Waals surface area contributed by atoms with Gasteiger partial charge >= 0.3 is 0 Å². The maximum atomic E-state index is 10.5. The van der Waals surface area contributed by atoms with E-state index in [9.17, 15) is 5.11 Å². The molecule has 0 saturated carbocycles. The molecule has 3 rings (SSSR count). The van der Waals surface area contributed by atoms with E-state index in [1.165, 1.54) is 0 Å².